The molecule has 6 nitrogen and oxygen atoms in total. The summed E-state index contributed by atoms with van der Waals surface area (Å²) in [5, 5.41) is 7.05. The van der Waals surface area contributed by atoms with Gasteiger partial charge in [0.1, 0.15) is 5.60 Å². The van der Waals surface area contributed by atoms with E-state index < -0.39 is 17.2 Å². The quantitative estimate of drug-likeness (QED) is 0.665. The predicted molar refractivity (Wildman–Crippen MR) is 112 cm³/mol. The molecule has 1 heterocycles. The van der Waals surface area contributed by atoms with Crippen molar-refractivity contribution in [2.45, 2.75) is 71.9 Å². The van der Waals surface area contributed by atoms with Gasteiger partial charge in [0.25, 0.3) is 0 Å². The fourth-order valence-electron chi connectivity index (χ4n) is 3.38. The number of aryl methyl sites for hydroxylation is 1. The summed E-state index contributed by atoms with van der Waals surface area (Å²) in [5.41, 5.74) is 2.10. The number of carbonyl (C=O) groups is 2. The number of nitrogens with one attached hydrogen (secondary N) is 3. The minimum atomic E-state index is -0.554. The molecule has 154 valence electrons. The molecule has 1 aromatic heterocycles. The Bertz CT molecular complexity index is 829. The van der Waals surface area contributed by atoms with E-state index in [-0.39, 0.29) is 5.91 Å². The molecule has 0 fully saturated rings. The number of ether oxygens (including phenoxy) is 1. The number of hydrogen-bond donors (Lipinski definition) is 3. The first-order valence-corrected chi connectivity index (χ1v) is 9.92. The van der Waals surface area contributed by atoms with Crippen LogP contribution in [0.4, 0.5) is 4.79 Å². The van der Waals surface area contributed by atoms with Crippen molar-refractivity contribution in [3.05, 3.63) is 35.5 Å². The standard InChI is InChI=1S/C22H33N3O3/c1-7-22(8-2,14-24-20(27)28-21(4,5)6)25-18(26)12-16-13-23-17-11-9-10-15(3)19(16)17/h9-11,13,23H,7-8,12,14H2,1-6H3,(H,24,27)(H,25,26). The lowest BCUT2D eigenvalue weighted by Crippen LogP contribution is -2.55. The molecule has 1 aromatic carbocycles. The Morgan fingerprint density at radius 1 is 1.14 bits per heavy atom. The van der Waals surface area contributed by atoms with E-state index in [2.05, 4.69) is 15.6 Å². The van der Waals surface area contributed by atoms with E-state index in [0.29, 0.717) is 25.8 Å². The van der Waals surface area contributed by atoms with E-state index in [1.54, 1.807) is 0 Å². The van der Waals surface area contributed by atoms with Gasteiger partial charge in [-0.05, 0) is 57.7 Å². The maximum Gasteiger partial charge on any atom is 0.407 e. The largest absolute Gasteiger partial charge is 0.444 e. The highest BCUT2D eigenvalue weighted by atomic mass is 16.6. The lowest BCUT2D eigenvalue weighted by atomic mass is 9.92. The molecule has 0 saturated carbocycles. The molecule has 28 heavy (non-hydrogen) atoms. The van der Waals surface area contributed by atoms with Crippen molar-refractivity contribution in [2.24, 2.45) is 0 Å². The van der Waals surface area contributed by atoms with Gasteiger partial charge >= 0.3 is 6.09 Å². The van der Waals surface area contributed by atoms with E-state index in [0.717, 1.165) is 22.0 Å². The van der Waals surface area contributed by atoms with Gasteiger partial charge < -0.3 is 20.4 Å². The fraction of sp³-hybridized carbons (Fsp3) is 0.545. The molecule has 2 rings (SSSR count). The van der Waals surface area contributed by atoms with E-state index in [1.165, 1.54) is 0 Å². The summed E-state index contributed by atoms with van der Waals surface area (Å²) in [7, 11) is 0. The second-order valence-electron chi connectivity index (χ2n) is 8.38. The molecule has 0 aliphatic carbocycles. The van der Waals surface area contributed by atoms with Crippen molar-refractivity contribution < 1.29 is 14.3 Å². The lowest BCUT2D eigenvalue weighted by Gasteiger charge is -2.33. The number of amides is 2. The van der Waals surface area contributed by atoms with Gasteiger partial charge in [-0.3, -0.25) is 4.79 Å². The molecule has 2 aromatic rings. The molecule has 6 heteroatoms. The molecular formula is C22H33N3O3. The Morgan fingerprint density at radius 2 is 1.82 bits per heavy atom. The predicted octanol–water partition coefficient (Wildman–Crippen LogP) is 4.22. The average Bonchev–Trinajstić information content (AvgIpc) is 3.01. The smallest absolute Gasteiger partial charge is 0.407 e. The zero-order chi connectivity index (χ0) is 20.9. The molecular weight excluding hydrogens is 354 g/mol. The zero-order valence-corrected chi connectivity index (χ0v) is 17.9. The number of alkyl carbamates (subject to hydrolysis) is 1. The third kappa shape index (κ3) is 5.50. The third-order valence-corrected chi connectivity index (χ3v) is 5.07. The first-order chi connectivity index (χ1) is 13.1. The summed E-state index contributed by atoms with van der Waals surface area (Å²) in [5.74, 6) is -0.0566. The van der Waals surface area contributed by atoms with Crippen molar-refractivity contribution >= 4 is 22.9 Å². The maximum absolute atomic E-state index is 12.8. The van der Waals surface area contributed by atoms with Crippen molar-refractivity contribution in [2.75, 3.05) is 6.54 Å². The summed E-state index contributed by atoms with van der Waals surface area (Å²) in [6.07, 6.45) is 3.13. The van der Waals surface area contributed by atoms with Crippen molar-refractivity contribution in [1.82, 2.24) is 15.6 Å². The first kappa shape index (κ1) is 21.8. The van der Waals surface area contributed by atoms with Crippen LogP contribution in [0.3, 0.4) is 0 Å². The van der Waals surface area contributed by atoms with Gasteiger partial charge in [0.2, 0.25) is 5.91 Å². The summed E-state index contributed by atoms with van der Waals surface area (Å²) in [6.45, 7) is 11.9. The number of fused-ring (bicyclic) bond motifs is 1. The highest BCUT2D eigenvalue weighted by Gasteiger charge is 2.30. The van der Waals surface area contributed by atoms with E-state index in [9.17, 15) is 9.59 Å². The molecule has 3 N–H and O–H groups in total. The number of aromatic amines is 1. The summed E-state index contributed by atoms with van der Waals surface area (Å²) in [6, 6.07) is 6.06. The number of hydrogen-bond acceptors (Lipinski definition) is 3. The molecule has 0 atom stereocenters. The van der Waals surface area contributed by atoms with Crippen LogP contribution in [0.5, 0.6) is 0 Å². The van der Waals surface area contributed by atoms with Gasteiger partial charge in [-0.15, -0.1) is 0 Å². The van der Waals surface area contributed by atoms with Gasteiger partial charge in [0.05, 0.1) is 12.0 Å². The Balaban J connectivity index is 2.06. The van der Waals surface area contributed by atoms with Crippen LogP contribution < -0.4 is 10.6 Å². The summed E-state index contributed by atoms with van der Waals surface area (Å²) in [4.78, 5) is 28.0. The Morgan fingerprint density at radius 3 is 2.43 bits per heavy atom. The van der Waals surface area contributed by atoms with E-state index >= 15 is 0 Å². The number of carbonyl (C=O) groups excluding carboxylic acids is 2. The van der Waals surface area contributed by atoms with Crippen LogP contribution >= 0.6 is 0 Å². The second kappa shape index (κ2) is 8.67. The van der Waals surface area contributed by atoms with Gasteiger partial charge in [-0.2, -0.15) is 0 Å². The number of aromatic nitrogens is 1. The molecule has 0 radical (unpaired) electrons. The van der Waals surface area contributed by atoms with Gasteiger partial charge in [0, 0.05) is 23.6 Å². The molecule has 0 aliphatic rings. The van der Waals surface area contributed by atoms with E-state index in [4.69, 9.17) is 4.74 Å². The number of rotatable bonds is 7. The second-order valence-corrected chi connectivity index (χ2v) is 8.38. The molecule has 0 aliphatic heterocycles. The highest BCUT2D eigenvalue weighted by molar-refractivity contribution is 5.91. The lowest BCUT2D eigenvalue weighted by molar-refractivity contribution is -0.122. The van der Waals surface area contributed by atoms with Crippen molar-refractivity contribution in [3.8, 4) is 0 Å². The highest BCUT2D eigenvalue weighted by Crippen LogP contribution is 2.23. The van der Waals surface area contributed by atoms with E-state index in [1.807, 2.05) is 65.9 Å². The average molecular weight is 388 g/mol. The van der Waals surface area contributed by atoms with Crippen LogP contribution in [0.1, 0.15) is 58.6 Å². The van der Waals surface area contributed by atoms with Crippen molar-refractivity contribution in [3.63, 3.8) is 0 Å². The Labute approximate surface area is 167 Å². The fourth-order valence-corrected chi connectivity index (χ4v) is 3.38. The normalized spacial score (nSPS) is 12.1. The summed E-state index contributed by atoms with van der Waals surface area (Å²) >= 11 is 0. The Hall–Kier alpha value is -2.50. The third-order valence-electron chi connectivity index (χ3n) is 5.07. The topological polar surface area (TPSA) is 83.2 Å². The van der Waals surface area contributed by atoms with Crippen LogP contribution in [-0.2, 0) is 16.0 Å². The van der Waals surface area contributed by atoms with Crippen LogP contribution in [0.15, 0.2) is 24.4 Å². The monoisotopic (exact) mass is 387 g/mol. The van der Waals surface area contributed by atoms with Gasteiger partial charge in [-0.1, -0.05) is 26.0 Å². The van der Waals surface area contributed by atoms with Gasteiger partial charge in [0.15, 0.2) is 0 Å². The number of benzene rings is 1. The molecule has 0 unspecified atom stereocenters. The SMILES string of the molecule is CCC(CC)(CNC(=O)OC(C)(C)C)NC(=O)Cc1c[nH]c2cccc(C)c12. The first-order valence-electron chi connectivity index (χ1n) is 9.92. The van der Waals surface area contributed by atoms with Crippen LogP contribution in [0.25, 0.3) is 10.9 Å². The minimum absolute atomic E-state index is 0.0566. The van der Waals surface area contributed by atoms with Gasteiger partial charge in [-0.25, -0.2) is 4.79 Å². The summed E-state index contributed by atoms with van der Waals surface area (Å²) < 4.78 is 5.31. The Kier molecular flexibility index (Phi) is 6.75. The van der Waals surface area contributed by atoms with Crippen LogP contribution in [-0.4, -0.2) is 34.7 Å². The molecule has 0 spiro atoms. The zero-order valence-electron chi connectivity index (χ0n) is 17.9. The number of H-pyrrole nitrogens is 1. The molecule has 2 amide bonds. The van der Waals surface area contributed by atoms with Crippen LogP contribution in [0, 0.1) is 6.92 Å². The maximum atomic E-state index is 12.8. The minimum Gasteiger partial charge on any atom is -0.444 e. The molecule has 0 bridgehead atoms. The van der Waals surface area contributed by atoms with Crippen molar-refractivity contribution in [1.29, 1.82) is 0 Å². The molecule has 0 saturated heterocycles. The van der Waals surface area contributed by atoms with Crippen LogP contribution in [0.2, 0.25) is 0 Å².